The maximum absolute atomic E-state index is 12.7. The minimum atomic E-state index is -0.998. The average molecular weight is 333 g/mol. The quantitative estimate of drug-likeness (QED) is 0.623. The van der Waals surface area contributed by atoms with Crippen molar-refractivity contribution >= 4 is 5.97 Å². The Hall–Kier alpha value is -0.870. The molecule has 4 atom stereocenters. The van der Waals surface area contributed by atoms with Gasteiger partial charge in [-0.2, -0.15) is 0 Å². The van der Waals surface area contributed by atoms with E-state index in [1.54, 1.807) is 0 Å². The fourth-order valence-corrected chi connectivity index (χ4v) is 5.74. The predicted octanol–water partition coefficient (Wildman–Crippen LogP) is 3.05. The van der Waals surface area contributed by atoms with Crippen molar-refractivity contribution in [3.8, 4) is 0 Å². The maximum atomic E-state index is 12.7. The van der Waals surface area contributed by atoms with Crippen LogP contribution in [-0.2, 0) is 9.53 Å². The highest BCUT2D eigenvalue weighted by Gasteiger charge is 2.63. The van der Waals surface area contributed by atoms with Crippen molar-refractivity contribution in [1.29, 1.82) is 0 Å². The molecule has 4 aliphatic rings. The number of hydrogen-bond donors (Lipinski definition) is 1. The normalized spacial score (nSPS) is 43.4. The molecular weight excluding hydrogens is 302 g/mol. The highest BCUT2D eigenvalue weighted by atomic mass is 16.6. The topological polar surface area (TPSA) is 49.8 Å². The number of carbonyl (C=O) groups excluding carboxylic acids is 1. The summed E-state index contributed by atoms with van der Waals surface area (Å²) >= 11 is 0. The van der Waals surface area contributed by atoms with Gasteiger partial charge in [0.1, 0.15) is 11.5 Å². The van der Waals surface area contributed by atoms with Gasteiger partial charge in [0.2, 0.25) is 0 Å². The minimum absolute atomic E-state index is 0.111. The molecule has 1 N–H and O–H groups in total. The molecule has 2 heterocycles. The van der Waals surface area contributed by atoms with E-state index in [2.05, 4.69) is 18.7 Å². The van der Waals surface area contributed by atoms with Crippen LogP contribution in [0.15, 0.2) is 11.1 Å². The Bertz CT molecular complexity index is 565. The van der Waals surface area contributed by atoms with Gasteiger partial charge in [-0.05, 0) is 75.9 Å². The predicted molar refractivity (Wildman–Crippen MR) is 92.5 cm³/mol. The van der Waals surface area contributed by atoms with E-state index in [0.29, 0.717) is 13.0 Å². The van der Waals surface area contributed by atoms with Gasteiger partial charge in [0.15, 0.2) is 6.10 Å². The molecule has 0 aromatic heterocycles. The third-order valence-electron chi connectivity index (χ3n) is 7.20. The number of esters is 1. The Morgan fingerprint density at radius 2 is 1.92 bits per heavy atom. The maximum Gasteiger partial charge on any atom is 0.314 e. The fraction of sp³-hybridized carbons (Fsp3) is 0.850. The Labute approximate surface area is 145 Å². The van der Waals surface area contributed by atoms with Crippen LogP contribution in [0.25, 0.3) is 0 Å². The number of aliphatic hydroxyl groups is 1. The first-order valence-electron chi connectivity index (χ1n) is 9.79. The zero-order valence-electron chi connectivity index (χ0n) is 15.1. The third-order valence-corrected chi connectivity index (χ3v) is 7.20. The first kappa shape index (κ1) is 16.6. The number of rotatable bonds is 2. The molecule has 0 aromatic rings. The van der Waals surface area contributed by atoms with E-state index in [-0.39, 0.29) is 17.3 Å². The summed E-state index contributed by atoms with van der Waals surface area (Å²) in [4.78, 5) is 15.0. The SMILES string of the molecule is CC1=C2[C@@H]3OC(=O)C(CN4CCCCC4)[C@]3(O)CC[C@@]2(C)CCC1. The molecule has 4 rings (SSSR count). The van der Waals surface area contributed by atoms with Crippen molar-refractivity contribution in [3.05, 3.63) is 11.1 Å². The molecule has 134 valence electrons. The van der Waals surface area contributed by atoms with Gasteiger partial charge in [0.25, 0.3) is 0 Å². The summed E-state index contributed by atoms with van der Waals surface area (Å²) in [5, 5.41) is 11.5. The van der Waals surface area contributed by atoms with Crippen molar-refractivity contribution in [3.63, 3.8) is 0 Å². The van der Waals surface area contributed by atoms with E-state index in [1.807, 2.05) is 0 Å². The number of hydrogen-bond acceptors (Lipinski definition) is 4. The van der Waals surface area contributed by atoms with Crippen LogP contribution in [0.4, 0.5) is 0 Å². The molecule has 2 saturated heterocycles. The van der Waals surface area contributed by atoms with Crippen LogP contribution >= 0.6 is 0 Å². The van der Waals surface area contributed by atoms with Gasteiger partial charge in [-0.25, -0.2) is 0 Å². The first-order valence-corrected chi connectivity index (χ1v) is 9.79. The number of likely N-dealkylation sites (tertiary alicyclic amines) is 1. The molecule has 3 fully saturated rings. The Kier molecular flexibility index (Phi) is 4.04. The van der Waals surface area contributed by atoms with E-state index in [1.165, 1.54) is 36.8 Å². The van der Waals surface area contributed by atoms with Crippen LogP contribution in [0.1, 0.15) is 65.2 Å². The summed E-state index contributed by atoms with van der Waals surface area (Å²) < 4.78 is 5.85. The summed E-state index contributed by atoms with van der Waals surface area (Å²) in [6.07, 6.45) is 8.38. The van der Waals surface area contributed by atoms with Gasteiger partial charge >= 0.3 is 5.97 Å². The van der Waals surface area contributed by atoms with Crippen molar-refractivity contribution in [2.24, 2.45) is 11.3 Å². The van der Waals surface area contributed by atoms with Crippen molar-refractivity contribution in [2.45, 2.75) is 76.9 Å². The number of ether oxygens (including phenoxy) is 1. The molecule has 2 aliphatic heterocycles. The van der Waals surface area contributed by atoms with Crippen LogP contribution in [0.5, 0.6) is 0 Å². The zero-order chi connectivity index (χ0) is 16.9. The second-order valence-corrected chi connectivity index (χ2v) is 8.83. The van der Waals surface area contributed by atoms with E-state index in [4.69, 9.17) is 4.74 Å². The Morgan fingerprint density at radius 1 is 1.17 bits per heavy atom. The van der Waals surface area contributed by atoms with Crippen LogP contribution < -0.4 is 0 Å². The number of fused-ring (bicyclic) bond motifs is 3. The molecule has 0 radical (unpaired) electrons. The standard InChI is InChI=1S/C20H31NO3/c1-14-7-6-8-19(2)9-10-20(23)15(13-21-11-4-3-5-12-21)18(22)24-17(20)16(14)19/h15,17,23H,3-13H2,1-2H3/t15?,17-,19+,20+/m0/s1. The van der Waals surface area contributed by atoms with Gasteiger partial charge in [-0.1, -0.05) is 18.9 Å². The van der Waals surface area contributed by atoms with Crippen molar-refractivity contribution in [1.82, 2.24) is 4.90 Å². The van der Waals surface area contributed by atoms with E-state index < -0.39 is 11.7 Å². The monoisotopic (exact) mass is 333 g/mol. The average Bonchev–Trinajstić information content (AvgIpc) is 2.80. The highest BCUT2D eigenvalue weighted by Crippen LogP contribution is 2.57. The molecule has 4 heteroatoms. The number of carbonyl (C=O) groups is 1. The van der Waals surface area contributed by atoms with Crippen LogP contribution in [0.2, 0.25) is 0 Å². The Morgan fingerprint density at radius 3 is 2.67 bits per heavy atom. The molecule has 0 bridgehead atoms. The van der Waals surface area contributed by atoms with Gasteiger partial charge in [0.05, 0.1) is 0 Å². The fourth-order valence-electron chi connectivity index (χ4n) is 5.74. The van der Waals surface area contributed by atoms with E-state index >= 15 is 0 Å². The lowest BCUT2D eigenvalue weighted by atomic mass is 9.58. The number of nitrogens with zero attached hydrogens (tertiary/aromatic N) is 1. The largest absolute Gasteiger partial charge is 0.454 e. The highest BCUT2D eigenvalue weighted by molar-refractivity contribution is 5.78. The zero-order valence-corrected chi connectivity index (χ0v) is 15.1. The number of allylic oxidation sites excluding steroid dienone is 1. The Balaban J connectivity index is 1.63. The van der Waals surface area contributed by atoms with Crippen molar-refractivity contribution < 1.29 is 14.6 Å². The number of piperidine rings is 1. The van der Waals surface area contributed by atoms with Crippen LogP contribution in [-0.4, -0.2) is 47.3 Å². The molecule has 0 aromatic carbocycles. The lowest BCUT2D eigenvalue weighted by Crippen LogP contribution is -2.55. The van der Waals surface area contributed by atoms with Crippen molar-refractivity contribution in [2.75, 3.05) is 19.6 Å². The lowest BCUT2D eigenvalue weighted by Gasteiger charge is -2.49. The summed E-state index contributed by atoms with van der Waals surface area (Å²) in [6.45, 7) is 7.23. The van der Waals surface area contributed by atoms with Crippen LogP contribution in [0.3, 0.4) is 0 Å². The molecule has 0 spiro atoms. The summed E-state index contributed by atoms with van der Waals surface area (Å²) in [5.41, 5.74) is 1.71. The van der Waals surface area contributed by atoms with Gasteiger partial charge in [0, 0.05) is 6.54 Å². The van der Waals surface area contributed by atoms with E-state index in [9.17, 15) is 9.90 Å². The molecule has 4 nitrogen and oxygen atoms in total. The molecule has 0 amide bonds. The molecular formula is C20H31NO3. The smallest absolute Gasteiger partial charge is 0.314 e. The second-order valence-electron chi connectivity index (χ2n) is 8.83. The molecule has 24 heavy (non-hydrogen) atoms. The third kappa shape index (κ3) is 2.45. The molecule has 1 saturated carbocycles. The van der Waals surface area contributed by atoms with Gasteiger partial charge < -0.3 is 14.7 Å². The minimum Gasteiger partial charge on any atom is -0.454 e. The molecule has 2 aliphatic carbocycles. The first-order chi connectivity index (χ1) is 11.4. The second kappa shape index (κ2) is 5.84. The molecule has 1 unspecified atom stereocenters. The summed E-state index contributed by atoms with van der Waals surface area (Å²) in [5.74, 6) is -0.560. The lowest BCUT2D eigenvalue weighted by molar-refractivity contribution is -0.144. The van der Waals surface area contributed by atoms with Gasteiger partial charge in [-0.3, -0.25) is 4.79 Å². The van der Waals surface area contributed by atoms with E-state index in [0.717, 1.165) is 32.4 Å². The van der Waals surface area contributed by atoms with Gasteiger partial charge in [-0.15, -0.1) is 0 Å². The van der Waals surface area contributed by atoms with Crippen LogP contribution in [0, 0.1) is 11.3 Å². The summed E-state index contributed by atoms with van der Waals surface area (Å²) in [7, 11) is 0. The summed E-state index contributed by atoms with van der Waals surface area (Å²) in [6, 6.07) is 0.